The zero-order valence-electron chi connectivity index (χ0n) is 20.4. The summed E-state index contributed by atoms with van der Waals surface area (Å²) < 4.78 is 5.63. The standard InChI is InChI=1S/C28H33ClO4S/c1-25(2)13-12-22(30)27(4)20(25)11-14-26(3)21(27)10-9-19(28(26)15-23(31)33-16-28)24(32)34-18-7-5-17(29)6-8-18/h5-8,12-13,19-21H,9-11,14-16H2,1-4H3/t19-,20?,21+,26-,27+,28+/m1/s1. The van der Waals surface area contributed by atoms with Crippen LogP contribution in [0.1, 0.15) is 59.8 Å². The third-order valence-electron chi connectivity index (χ3n) is 10.1. The van der Waals surface area contributed by atoms with Gasteiger partial charge in [0.25, 0.3) is 0 Å². The summed E-state index contributed by atoms with van der Waals surface area (Å²) in [6.45, 7) is 9.13. The van der Waals surface area contributed by atoms with Crippen LogP contribution in [-0.4, -0.2) is 23.5 Å². The Labute approximate surface area is 211 Å². The van der Waals surface area contributed by atoms with E-state index in [1.54, 1.807) is 18.2 Å². The average molecular weight is 501 g/mol. The molecule has 5 rings (SSSR count). The van der Waals surface area contributed by atoms with Crippen LogP contribution in [0.15, 0.2) is 41.3 Å². The van der Waals surface area contributed by atoms with Gasteiger partial charge in [-0.2, -0.15) is 0 Å². The van der Waals surface area contributed by atoms with Gasteiger partial charge in [-0.25, -0.2) is 0 Å². The third-order valence-corrected chi connectivity index (χ3v) is 11.3. The lowest BCUT2D eigenvalue weighted by atomic mass is 9.36. The van der Waals surface area contributed by atoms with Crippen molar-refractivity contribution >= 4 is 40.2 Å². The Hall–Kier alpha value is -1.59. The minimum atomic E-state index is -0.580. The Morgan fingerprint density at radius 3 is 2.38 bits per heavy atom. The highest BCUT2D eigenvalue weighted by Crippen LogP contribution is 2.72. The van der Waals surface area contributed by atoms with Gasteiger partial charge in [-0.1, -0.05) is 57.1 Å². The lowest BCUT2D eigenvalue weighted by molar-refractivity contribution is -0.195. The molecule has 34 heavy (non-hydrogen) atoms. The van der Waals surface area contributed by atoms with Crippen LogP contribution in [0.25, 0.3) is 0 Å². The molecule has 182 valence electrons. The molecule has 1 spiro atoms. The Balaban J connectivity index is 1.54. The van der Waals surface area contributed by atoms with E-state index in [1.807, 2.05) is 12.1 Å². The van der Waals surface area contributed by atoms with Crippen molar-refractivity contribution in [3.05, 3.63) is 41.4 Å². The summed E-state index contributed by atoms with van der Waals surface area (Å²) in [6, 6.07) is 7.31. The van der Waals surface area contributed by atoms with Crippen LogP contribution in [-0.2, 0) is 19.1 Å². The maximum absolute atomic E-state index is 13.8. The molecule has 0 amide bonds. The van der Waals surface area contributed by atoms with Gasteiger partial charge in [0.15, 0.2) is 10.9 Å². The molecule has 0 bridgehead atoms. The molecule has 4 nitrogen and oxygen atoms in total. The second kappa shape index (κ2) is 7.96. The predicted octanol–water partition coefficient (Wildman–Crippen LogP) is 6.51. The molecular formula is C28H33ClO4S. The van der Waals surface area contributed by atoms with Gasteiger partial charge in [0.1, 0.15) is 0 Å². The van der Waals surface area contributed by atoms with E-state index in [-0.39, 0.29) is 58.5 Å². The lowest BCUT2D eigenvalue weighted by Gasteiger charge is -2.67. The van der Waals surface area contributed by atoms with Gasteiger partial charge in [0.05, 0.1) is 13.0 Å². The van der Waals surface area contributed by atoms with E-state index in [4.69, 9.17) is 16.3 Å². The van der Waals surface area contributed by atoms with Crippen molar-refractivity contribution in [1.29, 1.82) is 0 Å². The van der Waals surface area contributed by atoms with Crippen LogP contribution >= 0.6 is 23.4 Å². The molecule has 1 aromatic carbocycles. The molecule has 1 heterocycles. The van der Waals surface area contributed by atoms with Crippen LogP contribution < -0.4 is 0 Å². The van der Waals surface area contributed by atoms with Crippen LogP contribution in [0, 0.1) is 39.4 Å². The number of cyclic esters (lactones) is 1. The summed E-state index contributed by atoms with van der Waals surface area (Å²) >= 11 is 7.26. The third kappa shape index (κ3) is 3.29. The molecule has 6 heteroatoms. The van der Waals surface area contributed by atoms with Crippen molar-refractivity contribution < 1.29 is 19.1 Å². The number of carbonyl (C=O) groups excluding carboxylic acids is 3. The van der Waals surface area contributed by atoms with Gasteiger partial charge >= 0.3 is 5.97 Å². The second-order valence-corrected chi connectivity index (χ2v) is 13.4. The first-order valence-electron chi connectivity index (χ1n) is 12.3. The van der Waals surface area contributed by atoms with Crippen LogP contribution in [0.5, 0.6) is 0 Å². The molecule has 0 aromatic heterocycles. The lowest BCUT2D eigenvalue weighted by Crippen LogP contribution is -2.65. The maximum Gasteiger partial charge on any atom is 0.306 e. The minimum absolute atomic E-state index is 0.0593. The van der Waals surface area contributed by atoms with Crippen molar-refractivity contribution in [2.75, 3.05) is 6.61 Å². The van der Waals surface area contributed by atoms with Crippen LogP contribution in [0.2, 0.25) is 5.02 Å². The van der Waals surface area contributed by atoms with Gasteiger partial charge in [0, 0.05) is 26.7 Å². The number of rotatable bonds is 2. The number of hydrogen-bond donors (Lipinski definition) is 0. The molecule has 2 saturated carbocycles. The summed E-state index contributed by atoms with van der Waals surface area (Å²) in [5.74, 6) is 0.0475. The van der Waals surface area contributed by atoms with E-state index in [1.165, 1.54) is 11.8 Å². The molecule has 0 radical (unpaired) electrons. The summed E-state index contributed by atoms with van der Waals surface area (Å²) in [5.41, 5.74) is -1.47. The largest absolute Gasteiger partial charge is 0.465 e. The summed E-state index contributed by atoms with van der Waals surface area (Å²) in [4.78, 5) is 40.7. The summed E-state index contributed by atoms with van der Waals surface area (Å²) in [6.07, 6.45) is 7.43. The highest BCUT2D eigenvalue weighted by molar-refractivity contribution is 8.13. The zero-order chi connectivity index (χ0) is 24.5. The first-order chi connectivity index (χ1) is 15.9. The van der Waals surface area contributed by atoms with Gasteiger partial charge in [-0.15, -0.1) is 0 Å². The van der Waals surface area contributed by atoms with Gasteiger partial charge in [-0.05, 0) is 78.7 Å². The molecule has 1 aliphatic heterocycles. The fourth-order valence-electron chi connectivity index (χ4n) is 8.31. The Kier molecular flexibility index (Phi) is 5.65. The van der Waals surface area contributed by atoms with E-state index in [0.29, 0.717) is 11.4 Å². The number of thioether (sulfide) groups is 1. The van der Waals surface area contributed by atoms with E-state index in [9.17, 15) is 14.4 Å². The number of carbonyl (C=O) groups is 3. The Morgan fingerprint density at radius 1 is 1.03 bits per heavy atom. The highest BCUT2D eigenvalue weighted by Gasteiger charge is 2.71. The number of benzene rings is 1. The van der Waals surface area contributed by atoms with Crippen molar-refractivity contribution in [2.45, 2.75) is 64.7 Å². The van der Waals surface area contributed by atoms with Gasteiger partial charge < -0.3 is 4.74 Å². The SMILES string of the molecule is CC1(C)C=CC(=O)[C@@]2(C)C1CC[C@]1(C)[C@@H]2CC[C@H](C(=O)Sc2ccc(Cl)cc2)[C@]12COC(=O)C2. The molecule has 1 saturated heterocycles. The van der Waals surface area contributed by atoms with Gasteiger partial charge in [-0.3, -0.25) is 14.4 Å². The molecule has 3 fully saturated rings. The van der Waals surface area contributed by atoms with E-state index in [2.05, 4.69) is 33.8 Å². The highest BCUT2D eigenvalue weighted by atomic mass is 35.5. The number of ketones is 1. The number of ether oxygens (including phenoxy) is 1. The Bertz CT molecular complexity index is 1080. The normalized spacial score (nSPS) is 40.6. The molecular weight excluding hydrogens is 468 g/mol. The molecule has 4 aliphatic rings. The molecule has 3 aliphatic carbocycles. The van der Waals surface area contributed by atoms with Crippen LogP contribution in [0.3, 0.4) is 0 Å². The topological polar surface area (TPSA) is 60.4 Å². The fourth-order valence-corrected chi connectivity index (χ4v) is 9.43. The van der Waals surface area contributed by atoms with Gasteiger partial charge in [0.2, 0.25) is 0 Å². The second-order valence-electron chi connectivity index (χ2n) is 11.9. The average Bonchev–Trinajstić information content (AvgIpc) is 3.17. The van der Waals surface area contributed by atoms with E-state index >= 15 is 0 Å². The zero-order valence-corrected chi connectivity index (χ0v) is 21.9. The quantitative estimate of drug-likeness (QED) is 0.342. The van der Waals surface area contributed by atoms with Crippen LogP contribution in [0.4, 0.5) is 0 Å². The maximum atomic E-state index is 13.8. The number of hydrogen-bond acceptors (Lipinski definition) is 5. The van der Waals surface area contributed by atoms with E-state index < -0.39 is 10.8 Å². The number of allylic oxidation sites excluding steroid dienone is 2. The van der Waals surface area contributed by atoms with Crippen molar-refractivity contribution in [2.24, 2.45) is 39.4 Å². The Morgan fingerprint density at radius 2 is 1.74 bits per heavy atom. The summed E-state index contributed by atoms with van der Waals surface area (Å²) in [5, 5.41) is 0.720. The number of halogens is 1. The smallest absolute Gasteiger partial charge is 0.306 e. The van der Waals surface area contributed by atoms with Crippen molar-refractivity contribution in [1.82, 2.24) is 0 Å². The fraction of sp³-hybridized carbons (Fsp3) is 0.607. The minimum Gasteiger partial charge on any atom is -0.465 e. The first-order valence-corrected chi connectivity index (χ1v) is 13.5. The number of fused-ring (bicyclic) bond motifs is 4. The first kappa shape index (κ1) is 24.1. The predicted molar refractivity (Wildman–Crippen MR) is 133 cm³/mol. The molecule has 6 atom stereocenters. The van der Waals surface area contributed by atoms with Crippen molar-refractivity contribution in [3.8, 4) is 0 Å². The number of esters is 1. The summed E-state index contributed by atoms with van der Waals surface area (Å²) in [7, 11) is 0. The molecule has 0 N–H and O–H groups in total. The van der Waals surface area contributed by atoms with E-state index in [0.717, 1.165) is 24.2 Å². The molecule has 1 unspecified atom stereocenters. The van der Waals surface area contributed by atoms with Crippen molar-refractivity contribution in [3.63, 3.8) is 0 Å². The molecule has 1 aromatic rings. The monoisotopic (exact) mass is 500 g/mol.